The molecule has 1 unspecified atom stereocenters. The van der Waals surface area contributed by atoms with Gasteiger partial charge in [0.15, 0.2) is 0 Å². The molecule has 1 aromatic rings. The second-order valence-corrected chi connectivity index (χ2v) is 4.94. The third-order valence-corrected chi connectivity index (χ3v) is 3.04. The minimum Gasteiger partial charge on any atom is -0.489 e. The summed E-state index contributed by atoms with van der Waals surface area (Å²) in [6, 6.07) is 6.34. The number of nitrogens with two attached hydrogens (primary N) is 1. The third-order valence-electron chi connectivity index (χ3n) is 3.04. The molecule has 0 aromatic heterocycles. The summed E-state index contributed by atoms with van der Waals surface area (Å²) in [5.41, 5.74) is 8.38. The lowest BCUT2D eigenvalue weighted by Gasteiger charge is -2.18. The molecule has 0 aliphatic carbocycles. The van der Waals surface area contributed by atoms with Crippen LogP contribution in [0.1, 0.15) is 50.7 Å². The summed E-state index contributed by atoms with van der Waals surface area (Å²) in [5.74, 6) is 1.50. The Balaban J connectivity index is 2.76. The minimum atomic E-state index is 0.143. The van der Waals surface area contributed by atoms with E-state index in [2.05, 4.69) is 45.9 Å². The molecule has 0 aliphatic rings. The van der Waals surface area contributed by atoms with Gasteiger partial charge in [-0.15, -0.1) is 0 Å². The standard InChI is InChI=1S/C15H25NO/c1-5-6-14(10-16)17-13-7-8-15(11(2)3)12(4)9-13/h7-9,11,14H,5-6,10,16H2,1-4H3. The van der Waals surface area contributed by atoms with E-state index in [-0.39, 0.29) is 6.10 Å². The first kappa shape index (κ1) is 14.0. The predicted octanol–water partition coefficient (Wildman–Crippen LogP) is 3.62. The Morgan fingerprint density at radius 3 is 2.47 bits per heavy atom. The molecule has 0 radical (unpaired) electrons. The van der Waals surface area contributed by atoms with E-state index in [1.54, 1.807) is 0 Å². The summed E-state index contributed by atoms with van der Waals surface area (Å²) in [5, 5.41) is 0. The smallest absolute Gasteiger partial charge is 0.120 e. The Morgan fingerprint density at radius 2 is 2.00 bits per heavy atom. The molecule has 2 heteroatoms. The highest BCUT2D eigenvalue weighted by atomic mass is 16.5. The lowest BCUT2D eigenvalue weighted by molar-refractivity contribution is 0.198. The van der Waals surface area contributed by atoms with E-state index in [9.17, 15) is 0 Å². The molecule has 0 fully saturated rings. The van der Waals surface area contributed by atoms with Crippen molar-refractivity contribution in [2.45, 2.75) is 52.6 Å². The van der Waals surface area contributed by atoms with Crippen LogP contribution in [0, 0.1) is 6.92 Å². The van der Waals surface area contributed by atoms with Gasteiger partial charge < -0.3 is 10.5 Å². The zero-order chi connectivity index (χ0) is 12.8. The molecule has 0 saturated carbocycles. The maximum absolute atomic E-state index is 5.89. The molecule has 0 amide bonds. The Kier molecular flexibility index (Phi) is 5.49. The Labute approximate surface area is 105 Å². The Bertz CT molecular complexity index is 347. The van der Waals surface area contributed by atoms with Gasteiger partial charge in [0, 0.05) is 6.54 Å². The van der Waals surface area contributed by atoms with E-state index in [0.29, 0.717) is 12.5 Å². The van der Waals surface area contributed by atoms with Crippen LogP contribution in [0.4, 0.5) is 0 Å². The normalized spacial score (nSPS) is 12.8. The van der Waals surface area contributed by atoms with Gasteiger partial charge in [-0.05, 0) is 42.5 Å². The van der Waals surface area contributed by atoms with Crippen LogP contribution >= 0.6 is 0 Å². The van der Waals surface area contributed by atoms with Gasteiger partial charge in [0.2, 0.25) is 0 Å². The Hall–Kier alpha value is -1.02. The molecule has 2 nitrogen and oxygen atoms in total. The van der Waals surface area contributed by atoms with Gasteiger partial charge >= 0.3 is 0 Å². The minimum absolute atomic E-state index is 0.143. The quantitative estimate of drug-likeness (QED) is 0.817. The zero-order valence-electron chi connectivity index (χ0n) is 11.5. The number of hydrogen-bond acceptors (Lipinski definition) is 2. The molecule has 0 spiro atoms. The number of ether oxygens (including phenoxy) is 1. The van der Waals surface area contributed by atoms with Gasteiger partial charge in [0.05, 0.1) is 0 Å². The summed E-state index contributed by atoms with van der Waals surface area (Å²) in [4.78, 5) is 0. The molecular weight excluding hydrogens is 210 g/mol. The maximum Gasteiger partial charge on any atom is 0.120 e. The van der Waals surface area contributed by atoms with E-state index in [1.165, 1.54) is 11.1 Å². The average Bonchev–Trinajstić information content (AvgIpc) is 2.28. The second-order valence-electron chi connectivity index (χ2n) is 4.94. The first-order chi connectivity index (χ1) is 8.08. The van der Waals surface area contributed by atoms with Gasteiger partial charge in [-0.2, -0.15) is 0 Å². The van der Waals surface area contributed by atoms with Crippen LogP contribution in [-0.4, -0.2) is 12.6 Å². The van der Waals surface area contributed by atoms with Crippen molar-refractivity contribution in [1.82, 2.24) is 0 Å². The summed E-state index contributed by atoms with van der Waals surface area (Å²) >= 11 is 0. The highest BCUT2D eigenvalue weighted by Gasteiger charge is 2.09. The molecule has 0 aliphatic heterocycles. The summed E-state index contributed by atoms with van der Waals surface area (Å²) < 4.78 is 5.89. The SMILES string of the molecule is CCCC(CN)Oc1ccc(C(C)C)c(C)c1. The van der Waals surface area contributed by atoms with Gasteiger partial charge in [-0.3, -0.25) is 0 Å². The van der Waals surface area contributed by atoms with Gasteiger partial charge in [-0.25, -0.2) is 0 Å². The molecule has 0 heterocycles. The van der Waals surface area contributed by atoms with E-state index >= 15 is 0 Å². The summed E-state index contributed by atoms with van der Waals surface area (Å²) in [7, 11) is 0. The molecule has 96 valence electrons. The zero-order valence-corrected chi connectivity index (χ0v) is 11.5. The molecule has 2 N–H and O–H groups in total. The van der Waals surface area contributed by atoms with Gasteiger partial charge in [0.25, 0.3) is 0 Å². The van der Waals surface area contributed by atoms with Crippen molar-refractivity contribution in [3.8, 4) is 5.75 Å². The first-order valence-corrected chi connectivity index (χ1v) is 6.55. The van der Waals surface area contributed by atoms with Crippen LogP contribution in [0.15, 0.2) is 18.2 Å². The lowest BCUT2D eigenvalue weighted by Crippen LogP contribution is -2.26. The third kappa shape index (κ3) is 4.04. The number of aryl methyl sites for hydroxylation is 1. The van der Waals surface area contributed by atoms with Crippen molar-refractivity contribution in [3.63, 3.8) is 0 Å². The van der Waals surface area contributed by atoms with Gasteiger partial charge in [0.1, 0.15) is 11.9 Å². The molecule has 1 aromatic carbocycles. The van der Waals surface area contributed by atoms with Crippen molar-refractivity contribution in [2.75, 3.05) is 6.54 Å². The molecule has 0 saturated heterocycles. The number of benzene rings is 1. The monoisotopic (exact) mass is 235 g/mol. The second kappa shape index (κ2) is 6.65. The number of hydrogen-bond donors (Lipinski definition) is 1. The molecule has 17 heavy (non-hydrogen) atoms. The van der Waals surface area contributed by atoms with Crippen molar-refractivity contribution in [1.29, 1.82) is 0 Å². The van der Waals surface area contributed by atoms with E-state index in [1.807, 2.05) is 0 Å². The average molecular weight is 235 g/mol. The van der Waals surface area contributed by atoms with E-state index in [4.69, 9.17) is 10.5 Å². The van der Waals surface area contributed by atoms with Crippen LogP contribution in [0.25, 0.3) is 0 Å². The van der Waals surface area contributed by atoms with Crippen LogP contribution < -0.4 is 10.5 Å². The Morgan fingerprint density at radius 1 is 1.29 bits per heavy atom. The topological polar surface area (TPSA) is 35.2 Å². The lowest BCUT2D eigenvalue weighted by atomic mass is 9.98. The largest absolute Gasteiger partial charge is 0.489 e. The molecule has 1 atom stereocenters. The molecule has 1 rings (SSSR count). The maximum atomic E-state index is 5.89. The van der Waals surface area contributed by atoms with E-state index < -0.39 is 0 Å². The number of rotatable bonds is 6. The fraction of sp³-hybridized carbons (Fsp3) is 0.600. The predicted molar refractivity (Wildman–Crippen MR) is 73.6 cm³/mol. The van der Waals surface area contributed by atoms with Crippen LogP contribution in [0.3, 0.4) is 0 Å². The highest BCUT2D eigenvalue weighted by Crippen LogP contribution is 2.24. The highest BCUT2D eigenvalue weighted by molar-refractivity contribution is 5.36. The van der Waals surface area contributed by atoms with Crippen molar-refractivity contribution in [3.05, 3.63) is 29.3 Å². The van der Waals surface area contributed by atoms with Crippen LogP contribution in [0.5, 0.6) is 5.75 Å². The molecular formula is C15H25NO. The fourth-order valence-corrected chi connectivity index (χ4v) is 2.11. The van der Waals surface area contributed by atoms with Crippen LogP contribution in [0.2, 0.25) is 0 Å². The first-order valence-electron chi connectivity index (χ1n) is 6.55. The van der Waals surface area contributed by atoms with Crippen LogP contribution in [-0.2, 0) is 0 Å². The van der Waals surface area contributed by atoms with Gasteiger partial charge in [-0.1, -0.05) is 33.3 Å². The summed E-state index contributed by atoms with van der Waals surface area (Å²) in [6.45, 7) is 9.29. The fourth-order valence-electron chi connectivity index (χ4n) is 2.11. The summed E-state index contributed by atoms with van der Waals surface area (Å²) in [6.07, 6.45) is 2.26. The van der Waals surface area contributed by atoms with Crippen molar-refractivity contribution >= 4 is 0 Å². The van der Waals surface area contributed by atoms with E-state index in [0.717, 1.165) is 18.6 Å². The molecule has 0 bridgehead atoms. The van der Waals surface area contributed by atoms with Crippen molar-refractivity contribution < 1.29 is 4.74 Å². The van der Waals surface area contributed by atoms with Crippen molar-refractivity contribution in [2.24, 2.45) is 5.73 Å².